The van der Waals surface area contributed by atoms with Crippen LogP contribution in [0, 0.1) is 11.6 Å². The molecule has 128 valence electrons. The second-order valence-electron chi connectivity index (χ2n) is 5.83. The fraction of sp³-hybridized carbons (Fsp3) is 0.235. The molecule has 25 heavy (non-hydrogen) atoms. The van der Waals surface area contributed by atoms with Gasteiger partial charge in [0.25, 0.3) is 5.56 Å². The summed E-state index contributed by atoms with van der Waals surface area (Å²) in [5.74, 6) is -1.67. The third kappa shape index (κ3) is 3.17. The van der Waals surface area contributed by atoms with Crippen LogP contribution >= 0.6 is 11.3 Å². The van der Waals surface area contributed by atoms with Crippen molar-refractivity contribution >= 4 is 27.5 Å². The van der Waals surface area contributed by atoms with Crippen molar-refractivity contribution in [3.05, 3.63) is 63.6 Å². The third-order valence-corrected chi connectivity index (χ3v) is 5.13. The maximum absolute atomic E-state index is 13.3. The molecular formula is C17H14F2N4OS. The predicted octanol–water partition coefficient (Wildman–Crippen LogP) is 3.11. The van der Waals surface area contributed by atoms with Crippen molar-refractivity contribution in [3.63, 3.8) is 0 Å². The monoisotopic (exact) mass is 360 g/mol. The second kappa shape index (κ2) is 6.36. The molecule has 3 heterocycles. The minimum Gasteiger partial charge on any atom is -0.346 e. The molecule has 0 saturated carbocycles. The first-order chi connectivity index (χ1) is 12.1. The highest BCUT2D eigenvalue weighted by Crippen LogP contribution is 2.27. The van der Waals surface area contributed by atoms with Crippen molar-refractivity contribution < 1.29 is 8.78 Å². The Morgan fingerprint density at radius 1 is 1.12 bits per heavy atom. The topological polar surface area (TPSA) is 50.5 Å². The minimum absolute atomic E-state index is 0.191. The molecule has 1 aliphatic rings. The summed E-state index contributed by atoms with van der Waals surface area (Å²) in [4.78, 5) is 18.6. The maximum Gasteiger partial charge on any atom is 0.275 e. The van der Waals surface area contributed by atoms with Gasteiger partial charge in [0.2, 0.25) is 10.1 Å². The summed E-state index contributed by atoms with van der Waals surface area (Å²) in [7, 11) is 0. The first kappa shape index (κ1) is 15.9. The van der Waals surface area contributed by atoms with Gasteiger partial charge >= 0.3 is 0 Å². The van der Waals surface area contributed by atoms with Crippen LogP contribution in [-0.4, -0.2) is 27.7 Å². The largest absolute Gasteiger partial charge is 0.346 e. The number of aromatic nitrogens is 3. The smallest absolute Gasteiger partial charge is 0.275 e. The molecule has 0 atom stereocenters. The van der Waals surface area contributed by atoms with E-state index in [1.54, 1.807) is 6.07 Å². The zero-order chi connectivity index (χ0) is 17.4. The SMILES string of the molecule is O=c1ccnc2sc(N3CCC(=Cc4ccc(F)c(F)c4)CC3)nn12. The van der Waals surface area contributed by atoms with Gasteiger partial charge in [-0.25, -0.2) is 13.8 Å². The molecule has 1 aliphatic heterocycles. The van der Waals surface area contributed by atoms with Crippen molar-refractivity contribution in [2.75, 3.05) is 18.0 Å². The first-order valence-electron chi connectivity index (χ1n) is 7.84. The summed E-state index contributed by atoms with van der Waals surface area (Å²) >= 11 is 1.38. The Hall–Kier alpha value is -2.61. The van der Waals surface area contributed by atoms with E-state index >= 15 is 0 Å². The molecule has 8 heteroatoms. The molecular weight excluding hydrogens is 346 g/mol. The van der Waals surface area contributed by atoms with E-state index in [9.17, 15) is 13.6 Å². The van der Waals surface area contributed by atoms with Crippen LogP contribution in [0.4, 0.5) is 13.9 Å². The molecule has 5 nitrogen and oxygen atoms in total. The van der Waals surface area contributed by atoms with Crippen molar-refractivity contribution in [1.82, 2.24) is 14.6 Å². The number of hydrogen-bond donors (Lipinski definition) is 0. The maximum atomic E-state index is 13.3. The van der Waals surface area contributed by atoms with Gasteiger partial charge in [-0.1, -0.05) is 29.1 Å². The second-order valence-corrected chi connectivity index (χ2v) is 6.76. The lowest BCUT2D eigenvalue weighted by atomic mass is 10.0. The van der Waals surface area contributed by atoms with Crippen LogP contribution in [0.1, 0.15) is 18.4 Å². The van der Waals surface area contributed by atoms with E-state index < -0.39 is 11.6 Å². The van der Waals surface area contributed by atoms with Crippen LogP contribution in [-0.2, 0) is 0 Å². The van der Waals surface area contributed by atoms with Gasteiger partial charge in [0.15, 0.2) is 11.6 Å². The lowest BCUT2D eigenvalue weighted by molar-refractivity contribution is 0.508. The zero-order valence-corrected chi connectivity index (χ0v) is 14.0. The number of hydrogen-bond acceptors (Lipinski definition) is 5. The van der Waals surface area contributed by atoms with Crippen LogP contribution in [0.15, 0.2) is 40.8 Å². The van der Waals surface area contributed by atoms with Crippen molar-refractivity contribution in [1.29, 1.82) is 0 Å². The van der Waals surface area contributed by atoms with E-state index in [0.717, 1.165) is 37.1 Å². The van der Waals surface area contributed by atoms with Gasteiger partial charge in [-0.15, -0.1) is 5.10 Å². The number of nitrogens with zero attached hydrogens (tertiary/aromatic N) is 4. The van der Waals surface area contributed by atoms with Gasteiger partial charge in [-0.2, -0.15) is 4.52 Å². The zero-order valence-electron chi connectivity index (χ0n) is 13.2. The Morgan fingerprint density at radius 2 is 1.92 bits per heavy atom. The van der Waals surface area contributed by atoms with E-state index in [1.165, 1.54) is 39.8 Å². The summed E-state index contributed by atoms with van der Waals surface area (Å²) in [6.07, 6.45) is 5.00. The average molecular weight is 360 g/mol. The number of rotatable bonds is 2. The van der Waals surface area contributed by atoms with E-state index in [0.29, 0.717) is 10.5 Å². The van der Waals surface area contributed by atoms with Crippen LogP contribution in [0.5, 0.6) is 0 Å². The number of anilines is 1. The molecule has 0 spiro atoms. The Bertz CT molecular complexity index is 1020. The van der Waals surface area contributed by atoms with Crippen molar-refractivity contribution in [2.24, 2.45) is 0 Å². The van der Waals surface area contributed by atoms with Gasteiger partial charge in [-0.05, 0) is 30.5 Å². The predicted molar refractivity (Wildman–Crippen MR) is 92.9 cm³/mol. The summed E-state index contributed by atoms with van der Waals surface area (Å²) in [6, 6.07) is 5.31. The lowest BCUT2D eigenvalue weighted by Gasteiger charge is -2.27. The summed E-state index contributed by atoms with van der Waals surface area (Å²) in [6.45, 7) is 1.51. The Labute approximate surface area is 145 Å². The van der Waals surface area contributed by atoms with Crippen LogP contribution in [0.3, 0.4) is 0 Å². The minimum atomic E-state index is -0.836. The summed E-state index contributed by atoms with van der Waals surface area (Å²) in [5, 5.41) is 5.11. The quantitative estimate of drug-likeness (QED) is 0.705. The summed E-state index contributed by atoms with van der Waals surface area (Å²) in [5.41, 5.74) is 1.65. The average Bonchev–Trinajstić information content (AvgIpc) is 3.05. The highest BCUT2D eigenvalue weighted by molar-refractivity contribution is 7.20. The van der Waals surface area contributed by atoms with E-state index in [1.807, 2.05) is 6.08 Å². The molecule has 2 aromatic heterocycles. The number of halogens is 2. The summed E-state index contributed by atoms with van der Waals surface area (Å²) < 4.78 is 27.6. The molecule has 0 aliphatic carbocycles. The molecule has 3 aromatic rings. The Balaban J connectivity index is 1.50. The van der Waals surface area contributed by atoms with Gasteiger partial charge < -0.3 is 4.90 Å². The lowest BCUT2D eigenvalue weighted by Crippen LogP contribution is -2.30. The van der Waals surface area contributed by atoms with E-state index in [4.69, 9.17) is 0 Å². The molecule has 1 aromatic carbocycles. The number of piperidine rings is 1. The molecule has 0 bridgehead atoms. The molecule has 0 amide bonds. The highest BCUT2D eigenvalue weighted by atomic mass is 32.1. The molecule has 1 fully saturated rings. The van der Waals surface area contributed by atoms with E-state index in [-0.39, 0.29) is 5.56 Å². The fourth-order valence-corrected chi connectivity index (χ4v) is 3.76. The molecule has 0 unspecified atom stereocenters. The van der Waals surface area contributed by atoms with Crippen LogP contribution in [0.2, 0.25) is 0 Å². The van der Waals surface area contributed by atoms with Crippen LogP contribution in [0.25, 0.3) is 11.0 Å². The van der Waals surface area contributed by atoms with Crippen LogP contribution < -0.4 is 10.5 Å². The number of fused-ring (bicyclic) bond motifs is 1. The normalized spacial score (nSPS) is 15.0. The first-order valence-corrected chi connectivity index (χ1v) is 8.66. The molecule has 0 N–H and O–H groups in total. The molecule has 0 radical (unpaired) electrons. The third-order valence-electron chi connectivity index (χ3n) is 4.15. The van der Waals surface area contributed by atoms with Crippen molar-refractivity contribution in [3.8, 4) is 0 Å². The van der Waals surface area contributed by atoms with Gasteiger partial charge in [0.1, 0.15) is 0 Å². The molecule has 4 rings (SSSR count). The van der Waals surface area contributed by atoms with Gasteiger partial charge in [0.05, 0.1) is 0 Å². The Kier molecular flexibility index (Phi) is 4.04. The van der Waals surface area contributed by atoms with E-state index in [2.05, 4.69) is 15.0 Å². The number of benzene rings is 1. The molecule has 1 saturated heterocycles. The standard InChI is InChI=1S/C17H14F2N4OS/c18-13-2-1-12(10-14(13)19)9-11-4-7-22(8-5-11)17-21-23-15(24)3-6-20-16(23)25-17/h1-3,6,9-10H,4-5,7-8H2. The van der Waals surface area contributed by atoms with Crippen molar-refractivity contribution in [2.45, 2.75) is 12.8 Å². The highest BCUT2D eigenvalue weighted by Gasteiger charge is 2.18. The van der Waals surface area contributed by atoms with Gasteiger partial charge in [0, 0.05) is 25.4 Å². The van der Waals surface area contributed by atoms with Gasteiger partial charge in [-0.3, -0.25) is 4.79 Å². The Morgan fingerprint density at radius 3 is 2.64 bits per heavy atom. The fourth-order valence-electron chi connectivity index (χ4n) is 2.83.